The highest BCUT2D eigenvalue weighted by molar-refractivity contribution is 7.19. The van der Waals surface area contributed by atoms with Crippen molar-refractivity contribution in [1.82, 2.24) is 24.5 Å². The van der Waals surface area contributed by atoms with Crippen LogP contribution >= 0.6 is 11.3 Å². The van der Waals surface area contributed by atoms with Crippen LogP contribution in [0, 0.1) is 5.92 Å². The third-order valence-electron chi connectivity index (χ3n) is 4.86. The number of carbonyl (C=O) groups excluding carboxylic acids is 1. The van der Waals surface area contributed by atoms with Crippen LogP contribution < -0.4 is 0 Å². The molecule has 0 aromatic carbocycles. The Labute approximate surface area is 149 Å². The third-order valence-corrected chi connectivity index (χ3v) is 6.06. The predicted octanol–water partition coefficient (Wildman–Crippen LogP) is 1.92. The van der Waals surface area contributed by atoms with Crippen molar-refractivity contribution in [3.8, 4) is 0 Å². The zero-order valence-corrected chi connectivity index (χ0v) is 15.2. The lowest BCUT2D eigenvalue weighted by Gasteiger charge is -2.17. The fourth-order valence-corrected chi connectivity index (χ4v) is 4.68. The molecule has 0 fully saturated rings. The predicted molar refractivity (Wildman–Crippen MR) is 96.0 cm³/mol. The molecule has 0 bridgehead atoms. The molecule has 4 rings (SSSR count). The molecule has 1 aliphatic carbocycles. The number of hydrogen-bond acceptors (Lipinski definition) is 6. The molecule has 3 aromatic heterocycles. The third kappa shape index (κ3) is 2.69. The molecule has 1 aliphatic rings. The summed E-state index contributed by atoms with van der Waals surface area (Å²) in [6.07, 6.45) is 4.95. The molecule has 3 aromatic rings. The molecule has 0 radical (unpaired) electrons. The van der Waals surface area contributed by atoms with Crippen LogP contribution in [-0.2, 0) is 12.8 Å². The van der Waals surface area contributed by atoms with Gasteiger partial charge in [-0.25, -0.2) is 14.5 Å². The second-order valence-electron chi connectivity index (χ2n) is 6.59. The first kappa shape index (κ1) is 16.4. The Morgan fingerprint density at radius 1 is 1.52 bits per heavy atom. The summed E-state index contributed by atoms with van der Waals surface area (Å²) >= 11 is 1.73. The molecule has 1 N–H and O–H groups in total. The van der Waals surface area contributed by atoms with Crippen LogP contribution in [0.3, 0.4) is 0 Å². The summed E-state index contributed by atoms with van der Waals surface area (Å²) in [6, 6.07) is 0. The van der Waals surface area contributed by atoms with Crippen molar-refractivity contribution >= 4 is 33.1 Å². The Hall–Kier alpha value is -2.06. The summed E-state index contributed by atoms with van der Waals surface area (Å²) < 4.78 is 1.61. The van der Waals surface area contributed by atoms with E-state index in [1.54, 1.807) is 27.1 Å². The van der Waals surface area contributed by atoms with Gasteiger partial charge in [0.15, 0.2) is 5.65 Å². The normalized spacial score (nSPS) is 17.2. The molecule has 7 nitrogen and oxygen atoms in total. The van der Waals surface area contributed by atoms with Crippen molar-refractivity contribution < 1.29 is 9.90 Å². The van der Waals surface area contributed by atoms with E-state index in [4.69, 9.17) is 5.11 Å². The van der Waals surface area contributed by atoms with Crippen molar-refractivity contribution in [3.05, 3.63) is 22.6 Å². The van der Waals surface area contributed by atoms with Crippen molar-refractivity contribution in [2.24, 2.45) is 5.92 Å². The van der Waals surface area contributed by atoms with Gasteiger partial charge in [0.2, 0.25) is 5.82 Å². The van der Waals surface area contributed by atoms with Crippen LogP contribution in [0.15, 0.2) is 6.33 Å². The number of thiophene rings is 1. The summed E-state index contributed by atoms with van der Waals surface area (Å²) in [5.41, 5.74) is 2.03. The Morgan fingerprint density at radius 2 is 2.36 bits per heavy atom. The highest BCUT2D eigenvalue weighted by Crippen LogP contribution is 2.38. The Bertz CT molecular complexity index is 947. The number of likely N-dealkylation sites (N-methyl/N-ethyl adjacent to an activating group) is 1. The van der Waals surface area contributed by atoms with Crippen molar-refractivity contribution in [2.75, 3.05) is 19.7 Å². The molecule has 0 saturated carbocycles. The zero-order valence-electron chi connectivity index (χ0n) is 14.4. The molecular formula is C17H21N5O2S. The lowest BCUT2D eigenvalue weighted by Crippen LogP contribution is -2.34. The fraction of sp³-hybridized carbons (Fsp3) is 0.529. The number of nitrogens with zero attached hydrogens (tertiary/aromatic N) is 5. The number of rotatable bonds is 4. The lowest BCUT2D eigenvalue weighted by molar-refractivity contribution is 0.0720. The van der Waals surface area contributed by atoms with E-state index >= 15 is 0 Å². The minimum Gasteiger partial charge on any atom is -0.395 e. The van der Waals surface area contributed by atoms with Gasteiger partial charge in [-0.05, 0) is 37.7 Å². The van der Waals surface area contributed by atoms with E-state index in [0.29, 0.717) is 18.1 Å². The zero-order chi connectivity index (χ0) is 17.6. The number of hydrogen-bond donors (Lipinski definition) is 1. The van der Waals surface area contributed by atoms with Crippen LogP contribution in [0.25, 0.3) is 15.9 Å². The topological polar surface area (TPSA) is 83.6 Å². The van der Waals surface area contributed by atoms with Gasteiger partial charge >= 0.3 is 0 Å². The van der Waals surface area contributed by atoms with Gasteiger partial charge in [-0.2, -0.15) is 0 Å². The monoisotopic (exact) mass is 359 g/mol. The molecule has 8 heteroatoms. The standard InChI is InChI=1S/C17H21N5O2S/c1-3-21(6-7-23)17(24)14-19-15-13-11-8-10(2)4-5-12(11)25-16(13)18-9-22(15)20-14/h9-10,23H,3-8H2,1-2H3/t10-/m0/s1. The molecule has 25 heavy (non-hydrogen) atoms. The maximum Gasteiger partial charge on any atom is 0.293 e. The van der Waals surface area contributed by atoms with E-state index in [0.717, 1.165) is 23.1 Å². The summed E-state index contributed by atoms with van der Waals surface area (Å²) in [6.45, 7) is 4.86. The molecule has 0 saturated heterocycles. The first-order valence-electron chi connectivity index (χ1n) is 8.68. The van der Waals surface area contributed by atoms with Crippen molar-refractivity contribution in [3.63, 3.8) is 0 Å². The van der Waals surface area contributed by atoms with E-state index in [1.807, 2.05) is 6.92 Å². The lowest BCUT2D eigenvalue weighted by atomic mass is 9.89. The first-order chi connectivity index (χ1) is 12.1. The average molecular weight is 359 g/mol. The van der Waals surface area contributed by atoms with Crippen LogP contribution in [0.1, 0.15) is 41.3 Å². The van der Waals surface area contributed by atoms with Crippen molar-refractivity contribution in [1.29, 1.82) is 0 Å². The average Bonchev–Trinajstić information content (AvgIpc) is 3.19. The summed E-state index contributed by atoms with van der Waals surface area (Å²) in [5, 5.41) is 14.5. The Morgan fingerprint density at radius 3 is 3.12 bits per heavy atom. The number of carbonyl (C=O) groups is 1. The molecule has 3 heterocycles. The number of aliphatic hydroxyl groups excluding tert-OH is 1. The van der Waals surface area contributed by atoms with Gasteiger partial charge < -0.3 is 10.0 Å². The van der Waals surface area contributed by atoms with Gasteiger partial charge in [-0.1, -0.05) is 6.92 Å². The quantitative estimate of drug-likeness (QED) is 0.769. The van der Waals surface area contributed by atoms with Crippen LogP contribution in [-0.4, -0.2) is 55.2 Å². The van der Waals surface area contributed by atoms with Gasteiger partial charge in [-0.3, -0.25) is 4.79 Å². The van der Waals surface area contributed by atoms with Gasteiger partial charge in [0.1, 0.15) is 11.2 Å². The maximum atomic E-state index is 12.6. The summed E-state index contributed by atoms with van der Waals surface area (Å²) in [7, 11) is 0. The first-order valence-corrected chi connectivity index (χ1v) is 9.49. The highest BCUT2D eigenvalue weighted by atomic mass is 32.1. The molecule has 1 amide bonds. The van der Waals surface area contributed by atoms with Gasteiger partial charge in [-0.15, -0.1) is 16.4 Å². The largest absolute Gasteiger partial charge is 0.395 e. The molecule has 1 atom stereocenters. The van der Waals surface area contributed by atoms with E-state index < -0.39 is 0 Å². The van der Waals surface area contributed by atoms with E-state index in [2.05, 4.69) is 22.0 Å². The molecular weight excluding hydrogens is 338 g/mol. The number of aliphatic hydroxyl groups is 1. The Balaban J connectivity index is 1.84. The Kier molecular flexibility index (Phi) is 4.16. The minimum absolute atomic E-state index is 0.0747. The number of aromatic nitrogens is 4. The molecule has 0 spiro atoms. The van der Waals surface area contributed by atoms with Gasteiger partial charge in [0.25, 0.3) is 5.91 Å². The minimum atomic E-state index is -0.258. The van der Waals surface area contributed by atoms with Crippen molar-refractivity contribution in [2.45, 2.75) is 33.1 Å². The summed E-state index contributed by atoms with van der Waals surface area (Å²) in [5.74, 6) is 0.550. The van der Waals surface area contributed by atoms with Crippen LogP contribution in [0.5, 0.6) is 0 Å². The molecule has 0 aliphatic heterocycles. The van der Waals surface area contributed by atoms with Crippen LogP contribution in [0.4, 0.5) is 0 Å². The van der Waals surface area contributed by atoms with Gasteiger partial charge in [0.05, 0.1) is 12.0 Å². The highest BCUT2D eigenvalue weighted by Gasteiger charge is 2.25. The van der Waals surface area contributed by atoms with E-state index in [-0.39, 0.29) is 24.9 Å². The van der Waals surface area contributed by atoms with Crippen LogP contribution in [0.2, 0.25) is 0 Å². The summed E-state index contributed by atoms with van der Waals surface area (Å²) in [4.78, 5) is 25.6. The number of amides is 1. The maximum absolute atomic E-state index is 12.6. The molecule has 132 valence electrons. The molecule has 0 unspecified atom stereocenters. The second kappa shape index (κ2) is 6.34. The van der Waals surface area contributed by atoms with Gasteiger partial charge in [0, 0.05) is 18.0 Å². The SMILES string of the molecule is CCN(CCO)C(=O)c1nc2c3c4c(sc3ncn2n1)CC[C@H](C)C4. The smallest absolute Gasteiger partial charge is 0.293 e. The second-order valence-corrected chi connectivity index (χ2v) is 7.67. The van der Waals surface area contributed by atoms with E-state index in [9.17, 15) is 4.79 Å². The number of aryl methyl sites for hydroxylation is 1. The van der Waals surface area contributed by atoms with E-state index in [1.165, 1.54) is 16.9 Å². The number of fused-ring (bicyclic) bond motifs is 5. The fourth-order valence-electron chi connectivity index (χ4n) is 3.50.